The fraction of sp³-hybridized carbons (Fsp3) is 0.407. The molecule has 2 atom stereocenters. The minimum absolute atomic E-state index is 0.0627. The Labute approximate surface area is 200 Å². The first kappa shape index (κ1) is 23.8. The zero-order chi connectivity index (χ0) is 24.4. The van der Waals surface area contributed by atoms with Gasteiger partial charge in [0.15, 0.2) is 0 Å². The van der Waals surface area contributed by atoms with Crippen molar-refractivity contribution in [2.24, 2.45) is 0 Å². The summed E-state index contributed by atoms with van der Waals surface area (Å²) < 4.78 is 11.6. The van der Waals surface area contributed by atoms with Crippen LogP contribution in [0.4, 0.5) is 0 Å². The number of ether oxygens (including phenoxy) is 2. The van der Waals surface area contributed by atoms with Crippen molar-refractivity contribution < 1.29 is 24.2 Å². The van der Waals surface area contributed by atoms with E-state index in [1.807, 2.05) is 69.2 Å². The predicted octanol–water partition coefficient (Wildman–Crippen LogP) is 3.78. The number of carbonyl (C=O) groups is 2. The molecular formula is C27H32N2O5. The van der Waals surface area contributed by atoms with Crippen LogP contribution in [0.3, 0.4) is 0 Å². The first-order valence-corrected chi connectivity index (χ1v) is 11.8. The average Bonchev–Trinajstić information content (AvgIpc) is 3.30. The number of Topliss-reactive ketones (excluding diaryl/α,β-unsaturated/α-hetero) is 1. The highest BCUT2D eigenvalue weighted by Crippen LogP contribution is 2.43. The summed E-state index contributed by atoms with van der Waals surface area (Å²) >= 11 is 0. The van der Waals surface area contributed by atoms with E-state index in [0.717, 1.165) is 24.3 Å². The van der Waals surface area contributed by atoms with E-state index in [1.165, 1.54) is 0 Å². The van der Waals surface area contributed by atoms with Gasteiger partial charge in [-0.05, 0) is 70.7 Å². The van der Waals surface area contributed by atoms with Crippen molar-refractivity contribution in [2.45, 2.75) is 38.8 Å². The molecule has 4 rings (SSSR count). The maximum absolute atomic E-state index is 13.3. The fourth-order valence-electron chi connectivity index (χ4n) is 4.71. The number of carbonyl (C=O) groups excluding carboxylic acids is 2. The topological polar surface area (TPSA) is 79.3 Å². The molecule has 0 aromatic heterocycles. The van der Waals surface area contributed by atoms with E-state index >= 15 is 0 Å². The van der Waals surface area contributed by atoms with Crippen LogP contribution in [-0.2, 0) is 16.0 Å². The van der Waals surface area contributed by atoms with E-state index in [4.69, 9.17) is 9.47 Å². The highest BCUT2D eigenvalue weighted by Gasteiger charge is 2.46. The summed E-state index contributed by atoms with van der Waals surface area (Å²) in [6.45, 7) is 5.48. The van der Waals surface area contributed by atoms with Crippen LogP contribution in [0, 0.1) is 0 Å². The van der Waals surface area contributed by atoms with Crippen molar-refractivity contribution in [3.05, 3.63) is 64.7 Å². The van der Waals surface area contributed by atoms with Crippen LogP contribution in [0.5, 0.6) is 11.5 Å². The van der Waals surface area contributed by atoms with Crippen LogP contribution in [0.25, 0.3) is 5.76 Å². The van der Waals surface area contributed by atoms with E-state index in [2.05, 4.69) is 0 Å². The van der Waals surface area contributed by atoms with E-state index in [1.54, 1.807) is 11.0 Å². The van der Waals surface area contributed by atoms with Gasteiger partial charge in [0, 0.05) is 24.1 Å². The molecule has 180 valence electrons. The quantitative estimate of drug-likeness (QED) is 0.364. The molecule has 0 bridgehead atoms. The van der Waals surface area contributed by atoms with E-state index < -0.39 is 17.7 Å². The summed E-state index contributed by atoms with van der Waals surface area (Å²) in [4.78, 5) is 30.0. The van der Waals surface area contributed by atoms with Gasteiger partial charge in [0.25, 0.3) is 11.7 Å². The Morgan fingerprint density at radius 2 is 1.97 bits per heavy atom. The average molecular weight is 465 g/mol. The number of likely N-dealkylation sites (tertiary alicyclic amines) is 1. The van der Waals surface area contributed by atoms with Crippen molar-refractivity contribution in [3.8, 4) is 11.5 Å². The molecule has 7 nitrogen and oxygen atoms in total. The molecule has 1 saturated heterocycles. The highest BCUT2D eigenvalue weighted by molar-refractivity contribution is 6.46. The Morgan fingerprint density at radius 3 is 2.71 bits per heavy atom. The lowest BCUT2D eigenvalue weighted by atomic mass is 9.94. The van der Waals surface area contributed by atoms with Gasteiger partial charge in [0.1, 0.15) is 23.4 Å². The van der Waals surface area contributed by atoms with Gasteiger partial charge in [-0.1, -0.05) is 18.2 Å². The lowest BCUT2D eigenvalue weighted by molar-refractivity contribution is -0.140. The molecule has 2 heterocycles. The third-order valence-electron chi connectivity index (χ3n) is 6.23. The summed E-state index contributed by atoms with van der Waals surface area (Å²) in [6.07, 6.45) is 1.49. The number of aliphatic hydroxyl groups excluding tert-OH is 1. The number of fused-ring (bicyclic) bond motifs is 1. The lowest BCUT2D eigenvalue weighted by Crippen LogP contribution is -2.32. The number of aliphatic hydroxyl groups is 1. The Kier molecular flexibility index (Phi) is 6.93. The zero-order valence-electron chi connectivity index (χ0n) is 20.2. The summed E-state index contributed by atoms with van der Waals surface area (Å²) in [7, 11) is 3.93. The number of hydrogen-bond acceptors (Lipinski definition) is 6. The molecule has 1 N–H and O–H groups in total. The fourth-order valence-corrected chi connectivity index (χ4v) is 4.71. The summed E-state index contributed by atoms with van der Waals surface area (Å²) in [6, 6.07) is 12.0. The molecule has 1 fully saturated rings. The number of rotatable bonds is 8. The first-order chi connectivity index (χ1) is 16.3. The van der Waals surface area contributed by atoms with Crippen molar-refractivity contribution in [3.63, 3.8) is 0 Å². The Bertz CT molecular complexity index is 1120. The van der Waals surface area contributed by atoms with E-state index in [0.29, 0.717) is 36.4 Å². The monoisotopic (exact) mass is 464 g/mol. The lowest BCUT2D eigenvalue weighted by Gasteiger charge is -2.27. The second-order valence-electron chi connectivity index (χ2n) is 9.08. The summed E-state index contributed by atoms with van der Waals surface area (Å²) in [5.74, 6) is -0.0753. The maximum Gasteiger partial charge on any atom is 0.295 e. The molecule has 1 amide bonds. The highest BCUT2D eigenvalue weighted by atomic mass is 16.5. The molecule has 0 spiro atoms. The Hall–Kier alpha value is -3.32. The third kappa shape index (κ3) is 4.53. The molecule has 0 saturated carbocycles. The molecule has 2 aliphatic rings. The number of nitrogens with zero attached hydrogens (tertiary/aromatic N) is 2. The molecular weight excluding hydrogens is 432 g/mol. The van der Waals surface area contributed by atoms with E-state index in [9.17, 15) is 14.7 Å². The SMILES string of the molecule is CCOc1ccccc1C1/C(=C(\O)c2ccc3c(c2)CC(C)O3)C(=O)C(=O)N1CCCN(C)C. The van der Waals surface area contributed by atoms with Crippen LogP contribution in [-0.4, -0.2) is 66.5 Å². The summed E-state index contributed by atoms with van der Waals surface area (Å²) in [5, 5.41) is 11.4. The van der Waals surface area contributed by atoms with E-state index in [-0.39, 0.29) is 17.4 Å². The molecule has 2 unspecified atom stereocenters. The van der Waals surface area contributed by atoms with Gasteiger partial charge in [-0.15, -0.1) is 0 Å². The van der Waals surface area contributed by atoms with Gasteiger partial charge < -0.3 is 24.4 Å². The Morgan fingerprint density at radius 1 is 1.21 bits per heavy atom. The van der Waals surface area contributed by atoms with Gasteiger partial charge in [-0.3, -0.25) is 9.59 Å². The van der Waals surface area contributed by atoms with Crippen LogP contribution < -0.4 is 9.47 Å². The minimum atomic E-state index is -0.728. The zero-order valence-corrected chi connectivity index (χ0v) is 20.2. The molecule has 0 aliphatic carbocycles. The van der Waals surface area contributed by atoms with Crippen LogP contribution in [0.15, 0.2) is 48.0 Å². The first-order valence-electron chi connectivity index (χ1n) is 11.8. The van der Waals surface area contributed by atoms with Crippen LogP contribution in [0.2, 0.25) is 0 Å². The smallest absolute Gasteiger partial charge is 0.295 e. The second-order valence-corrected chi connectivity index (χ2v) is 9.08. The Balaban J connectivity index is 1.82. The number of amides is 1. The van der Waals surface area contributed by atoms with Gasteiger partial charge in [0.2, 0.25) is 0 Å². The molecule has 2 aromatic carbocycles. The van der Waals surface area contributed by atoms with Gasteiger partial charge in [0.05, 0.1) is 18.2 Å². The molecule has 34 heavy (non-hydrogen) atoms. The second kappa shape index (κ2) is 9.89. The molecule has 2 aromatic rings. The standard InChI is InChI=1S/C27H32N2O5/c1-5-33-22-10-7-6-9-20(22)24-23(26(31)27(32)29(24)14-8-13-28(3)4)25(30)18-11-12-21-19(16-18)15-17(2)34-21/h6-7,9-12,16-17,24,30H,5,8,13-15H2,1-4H3/b25-23+. The van der Waals surface area contributed by atoms with Crippen LogP contribution >= 0.6 is 0 Å². The molecule has 0 radical (unpaired) electrons. The third-order valence-corrected chi connectivity index (χ3v) is 6.23. The largest absolute Gasteiger partial charge is 0.507 e. The van der Waals surface area contributed by atoms with Crippen molar-refractivity contribution in [1.82, 2.24) is 9.80 Å². The number of ketones is 1. The van der Waals surface area contributed by atoms with Crippen molar-refractivity contribution >= 4 is 17.4 Å². The predicted molar refractivity (Wildman–Crippen MR) is 130 cm³/mol. The number of hydrogen-bond donors (Lipinski definition) is 1. The summed E-state index contributed by atoms with van der Waals surface area (Å²) in [5.41, 5.74) is 2.26. The maximum atomic E-state index is 13.3. The normalized spacial score (nSPS) is 21.1. The number of benzene rings is 2. The minimum Gasteiger partial charge on any atom is -0.507 e. The molecule has 2 aliphatic heterocycles. The van der Waals surface area contributed by atoms with Gasteiger partial charge >= 0.3 is 0 Å². The molecule has 7 heteroatoms. The van der Waals surface area contributed by atoms with Crippen LogP contribution in [0.1, 0.15) is 43.0 Å². The van der Waals surface area contributed by atoms with Gasteiger partial charge in [-0.25, -0.2) is 0 Å². The van der Waals surface area contributed by atoms with Crippen molar-refractivity contribution in [1.29, 1.82) is 0 Å². The number of para-hydroxylation sites is 1. The van der Waals surface area contributed by atoms with Crippen molar-refractivity contribution in [2.75, 3.05) is 33.8 Å². The van der Waals surface area contributed by atoms with Gasteiger partial charge in [-0.2, -0.15) is 0 Å².